The third kappa shape index (κ3) is 2.21. The zero-order valence-electron chi connectivity index (χ0n) is 6.01. The van der Waals surface area contributed by atoms with Crippen molar-refractivity contribution >= 4 is 0 Å². The van der Waals surface area contributed by atoms with Crippen LogP contribution in [0.4, 0.5) is 0 Å². The zero-order valence-corrected chi connectivity index (χ0v) is 6.01. The highest BCUT2D eigenvalue weighted by Crippen LogP contribution is 2.19. The molecule has 1 aliphatic carbocycles. The minimum Gasteiger partial charge on any atom is -0.0848 e. The van der Waals surface area contributed by atoms with Crippen LogP contribution in [-0.2, 0) is 0 Å². The molecule has 0 heteroatoms. The van der Waals surface area contributed by atoms with Gasteiger partial charge in [0.2, 0.25) is 0 Å². The standard InChI is InChI=1S/C9H14/c1-2-6-9-7-4-3-5-8-9/h3-4,7-9H,2,5-6H2,1H3. The number of hydrogen-bond acceptors (Lipinski definition) is 0. The van der Waals surface area contributed by atoms with E-state index in [4.69, 9.17) is 0 Å². The van der Waals surface area contributed by atoms with Crippen molar-refractivity contribution in [3.63, 3.8) is 0 Å². The molecule has 1 atom stereocenters. The maximum atomic E-state index is 2.38. The third-order valence-corrected chi connectivity index (χ3v) is 1.69. The highest BCUT2D eigenvalue weighted by molar-refractivity contribution is 5.09. The quantitative estimate of drug-likeness (QED) is 0.528. The van der Waals surface area contributed by atoms with Crippen LogP contribution in [0.3, 0.4) is 0 Å². The highest BCUT2D eigenvalue weighted by atomic mass is 14.1. The molecule has 0 bridgehead atoms. The molecule has 2 radical (unpaired) electrons. The van der Waals surface area contributed by atoms with Gasteiger partial charge in [-0.15, -0.1) is 0 Å². The van der Waals surface area contributed by atoms with Crippen LogP contribution in [0.1, 0.15) is 26.2 Å². The molecule has 0 aromatic heterocycles. The molecule has 0 amide bonds. The Morgan fingerprint density at radius 2 is 2.44 bits per heavy atom. The van der Waals surface area contributed by atoms with E-state index in [2.05, 4.69) is 31.9 Å². The monoisotopic (exact) mass is 122 g/mol. The summed E-state index contributed by atoms with van der Waals surface area (Å²) in [6, 6.07) is 0. The van der Waals surface area contributed by atoms with E-state index >= 15 is 0 Å². The molecule has 1 unspecified atom stereocenters. The van der Waals surface area contributed by atoms with Crippen molar-refractivity contribution in [1.82, 2.24) is 0 Å². The second-order valence-electron chi connectivity index (χ2n) is 2.54. The first-order chi connectivity index (χ1) is 4.43. The van der Waals surface area contributed by atoms with E-state index in [-0.39, 0.29) is 0 Å². The Hall–Kier alpha value is -0.260. The van der Waals surface area contributed by atoms with Crippen LogP contribution >= 0.6 is 0 Å². The van der Waals surface area contributed by atoms with Crippen molar-refractivity contribution < 1.29 is 0 Å². The molecule has 0 aromatic rings. The van der Waals surface area contributed by atoms with Gasteiger partial charge in [-0.3, -0.25) is 0 Å². The Bertz CT molecular complexity index is 92.2. The van der Waals surface area contributed by atoms with Crippen molar-refractivity contribution in [3.8, 4) is 0 Å². The molecule has 0 spiro atoms. The summed E-state index contributed by atoms with van der Waals surface area (Å²) in [4.78, 5) is 0. The van der Waals surface area contributed by atoms with E-state index in [1.165, 1.54) is 19.3 Å². The molecular weight excluding hydrogens is 108 g/mol. The summed E-state index contributed by atoms with van der Waals surface area (Å²) in [6.07, 6.45) is 12.8. The van der Waals surface area contributed by atoms with Gasteiger partial charge in [0, 0.05) is 0 Å². The first-order valence-electron chi connectivity index (χ1n) is 3.77. The summed E-state index contributed by atoms with van der Waals surface area (Å²) < 4.78 is 0. The van der Waals surface area contributed by atoms with Crippen LogP contribution in [0, 0.1) is 18.8 Å². The molecule has 50 valence electrons. The number of allylic oxidation sites excluding steroid dienone is 2. The first kappa shape index (κ1) is 6.85. The fourth-order valence-corrected chi connectivity index (χ4v) is 1.18. The van der Waals surface area contributed by atoms with Crippen molar-refractivity contribution in [2.24, 2.45) is 5.92 Å². The lowest BCUT2D eigenvalue weighted by Crippen LogP contribution is -2.00. The van der Waals surface area contributed by atoms with Gasteiger partial charge in [-0.25, -0.2) is 0 Å². The van der Waals surface area contributed by atoms with Gasteiger partial charge in [0.1, 0.15) is 0 Å². The van der Waals surface area contributed by atoms with Crippen molar-refractivity contribution in [2.75, 3.05) is 0 Å². The molecule has 0 aromatic carbocycles. The average molecular weight is 122 g/mol. The smallest absolute Gasteiger partial charge is 0.0167 e. The summed E-state index contributed by atoms with van der Waals surface area (Å²) in [5, 5.41) is 0. The zero-order chi connectivity index (χ0) is 6.53. The summed E-state index contributed by atoms with van der Waals surface area (Å²) in [5.74, 6) is 0.764. The molecular formula is C9H14. The molecule has 0 N–H and O–H groups in total. The normalized spacial score (nSPS) is 26.6. The molecule has 0 nitrogen and oxygen atoms in total. The average Bonchev–Trinajstić information content (AvgIpc) is 1.91. The van der Waals surface area contributed by atoms with Crippen molar-refractivity contribution in [1.29, 1.82) is 0 Å². The Morgan fingerprint density at radius 1 is 1.56 bits per heavy atom. The molecule has 0 fully saturated rings. The topological polar surface area (TPSA) is 0 Å². The summed E-state index contributed by atoms with van der Waals surface area (Å²) >= 11 is 0. The van der Waals surface area contributed by atoms with Crippen LogP contribution in [0.25, 0.3) is 0 Å². The van der Waals surface area contributed by atoms with E-state index in [1.807, 2.05) is 0 Å². The Balaban J connectivity index is 2.23. The highest BCUT2D eigenvalue weighted by Gasteiger charge is 2.05. The van der Waals surface area contributed by atoms with Crippen LogP contribution in [0.5, 0.6) is 0 Å². The van der Waals surface area contributed by atoms with Gasteiger partial charge in [-0.2, -0.15) is 0 Å². The lowest BCUT2D eigenvalue weighted by Gasteiger charge is -2.13. The van der Waals surface area contributed by atoms with Gasteiger partial charge in [0.25, 0.3) is 0 Å². The summed E-state index contributed by atoms with van der Waals surface area (Å²) in [7, 11) is 0. The van der Waals surface area contributed by atoms with E-state index in [0.717, 1.165) is 5.92 Å². The van der Waals surface area contributed by atoms with E-state index in [9.17, 15) is 0 Å². The minimum atomic E-state index is 0.764. The molecule has 1 rings (SSSR count). The van der Waals surface area contributed by atoms with Gasteiger partial charge >= 0.3 is 0 Å². The van der Waals surface area contributed by atoms with Crippen LogP contribution in [0.15, 0.2) is 12.2 Å². The summed E-state index contributed by atoms with van der Waals surface area (Å²) in [6.45, 7) is 2.24. The third-order valence-electron chi connectivity index (χ3n) is 1.69. The maximum absolute atomic E-state index is 2.38. The maximum Gasteiger partial charge on any atom is -0.0167 e. The lowest BCUT2D eigenvalue weighted by molar-refractivity contribution is 0.627. The van der Waals surface area contributed by atoms with Gasteiger partial charge in [-0.05, 0) is 31.6 Å². The number of hydrogen-bond donors (Lipinski definition) is 0. The largest absolute Gasteiger partial charge is 0.0848 e. The molecule has 0 aliphatic heterocycles. The molecule has 0 saturated carbocycles. The van der Waals surface area contributed by atoms with E-state index < -0.39 is 0 Å². The van der Waals surface area contributed by atoms with E-state index in [1.54, 1.807) is 0 Å². The van der Waals surface area contributed by atoms with Crippen molar-refractivity contribution in [3.05, 3.63) is 25.0 Å². The van der Waals surface area contributed by atoms with E-state index in [0.29, 0.717) is 0 Å². The molecule has 1 aliphatic rings. The first-order valence-corrected chi connectivity index (χ1v) is 3.77. The fraction of sp³-hybridized carbons (Fsp3) is 0.556. The Morgan fingerprint density at radius 3 is 3.00 bits per heavy atom. The molecule has 9 heavy (non-hydrogen) atoms. The predicted molar refractivity (Wildman–Crippen MR) is 40.8 cm³/mol. The SMILES string of the molecule is CCCC1[CH]C[CH]C=C1. The predicted octanol–water partition coefficient (Wildman–Crippen LogP) is 2.77. The van der Waals surface area contributed by atoms with Gasteiger partial charge in [0.15, 0.2) is 0 Å². The number of rotatable bonds is 2. The Labute approximate surface area is 58.0 Å². The van der Waals surface area contributed by atoms with Crippen LogP contribution in [0.2, 0.25) is 0 Å². The fourth-order valence-electron chi connectivity index (χ4n) is 1.18. The minimum absolute atomic E-state index is 0.764. The summed E-state index contributed by atoms with van der Waals surface area (Å²) in [5.41, 5.74) is 0. The molecule has 0 saturated heterocycles. The van der Waals surface area contributed by atoms with Gasteiger partial charge in [0.05, 0.1) is 0 Å². The molecule has 0 heterocycles. The van der Waals surface area contributed by atoms with Gasteiger partial charge < -0.3 is 0 Å². The van der Waals surface area contributed by atoms with Crippen LogP contribution < -0.4 is 0 Å². The Kier molecular flexibility index (Phi) is 2.82. The van der Waals surface area contributed by atoms with Crippen molar-refractivity contribution in [2.45, 2.75) is 26.2 Å². The second-order valence-corrected chi connectivity index (χ2v) is 2.54. The lowest BCUT2D eigenvalue weighted by atomic mass is 9.92. The second kappa shape index (κ2) is 3.71. The van der Waals surface area contributed by atoms with Crippen LogP contribution in [-0.4, -0.2) is 0 Å². The van der Waals surface area contributed by atoms with Gasteiger partial charge in [-0.1, -0.05) is 25.5 Å².